The third-order valence-electron chi connectivity index (χ3n) is 4.21. The summed E-state index contributed by atoms with van der Waals surface area (Å²) >= 11 is 1.67. The number of ether oxygens (including phenoxy) is 3. The number of rotatable bonds is 5. The van der Waals surface area contributed by atoms with Gasteiger partial charge in [0.1, 0.15) is 0 Å². The van der Waals surface area contributed by atoms with Gasteiger partial charge >= 0.3 is 0 Å². The molecule has 2 aromatic rings. The van der Waals surface area contributed by atoms with Gasteiger partial charge in [0.05, 0.1) is 11.7 Å². The van der Waals surface area contributed by atoms with Gasteiger partial charge < -0.3 is 19.5 Å². The molecule has 0 aliphatic carbocycles. The van der Waals surface area contributed by atoms with E-state index in [1.807, 2.05) is 30.3 Å². The molecule has 2 aliphatic rings. The molecule has 1 amide bonds. The molecule has 2 aromatic carbocycles. The molecule has 130 valence electrons. The second-order valence-electron chi connectivity index (χ2n) is 5.96. The van der Waals surface area contributed by atoms with Gasteiger partial charge in [-0.1, -0.05) is 12.1 Å². The zero-order valence-corrected chi connectivity index (χ0v) is 14.5. The number of benzene rings is 2. The van der Waals surface area contributed by atoms with Crippen LogP contribution in [0.15, 0.2) is 47.4 Å². The predicted molar refractivity (Wildman–Crippen MR) is 96.7 cm³/mol. The molecule has 1 atom stereocenters. The van der Waals surface area contributed by atoms with Crippen molar-refractivity contribution in [3.63, 3.8) is 0 Å². The van der Waals surface area contributed by atoms with E-state index in [4.69, 9.17) is 14.2 Å². The summed E-state index contributed by atoms with van der Waals surface area (Å²) in [6.07, 6.45) is 2.51. The van der Waals surface area contributed by atoms with Crippen LogP contribution in [0, 0.1) is 0 Å². The Balaban J connectivity index is 1.46. The minimum absolute atomic E-state index is 0.130. The summed E-state index contributed by atoms with van der Waals surface area (Å²) in [5.74, 6) is 2.09. The molecule has 2 heterocycles. The van der Waals surface area contributed by atoms with E-state index in [2.05, 4.69) is 5.32 Å². The van der Waals surface area contributed by atoms with Gasteiger partial charge in [-0.15, -0.1) is 11.8 Å². The molecule has 5 nitrogen and oxygen atoms in total. The molecular formula is C19H19NO4S. The van der Waals surface area contributed by atoms with Crippen LogP contribution in [0.2, 0.25) is 0 Å². The highest BCUT2D eigenvalue weighted by Crippen LogP contribution is 2.34. The lowest BCUT2D eigenvalue weighted by Crippen LogP contribution is -2.14. The number of fused-ring (bicyclic) bond motifs is 1. The summed E-state index contributed by atoms with van der Waals surface area (Å²) in [5, 5.41) is 2.94. The fourth-order valence-electron chi connectivity index (χ4n) is 2.91. The molecule has 2 aliphatic heterocycles. The number of nitrogens with one attached hydrogen (secondary N) is 1. The second kappa shape index (κ2) is 7.37. The maximum absolute atomic E-state index is 12.7. The van der Waals surface area contributed by atoms with Gasteiger partial charge in [-0.2, -0.15) is 0 Å². The largest absolute Gasteiger partial charge is 0.454 e. The Kier molecular flexibility index (Phi) is 4.81. The van der Waals surface area contributed by atoms with Gasteiger partial charge in [-0.05, 0) is 37.1 Å². The SMILES string of the molecule is O=C(Nc1ccc2c(c1)OCO2)c1ccccc1SC[C@@H]1CCCO1. The number of anilines is 1. The van der Waals surface area contributed by atoms with Gasteiger partial charge in [0.15, 0.2) is 11.5 Å². The van der Waals surface area contributed by atoms with Crippen LogP contribution in [0.5, 0.6) is 11.5 Å². The van der Waals surface area contributed by atoms with Crippen LogP contribution in [0.1, 0.15) is 23.2 Å². The zero-order valence-electron chi connectivity index (χ0n) is 13.7. The maximum Gasteiger partial charge on any atom is 0.256 e. The lowest BCUT2D eigenvalue weighted by molar-refractivity contribution is 0.102. The molecule has 4 rings (SSSR count). The Labute approximate surface area is 150 Å². The van der Waals surface area contributed by atoms with E-state index in [0.29, 0.717) is 22.7 Å². The Hall–Kier alpha value is -2.18. The van der Waals surface area contributed by atoms with Crippen molar-refractivity contribution < 1.29 is 19.0 Å². The average Bonchev–Trinajstić information content (AvgIpc) is 3.31. The van der Waals surface area contributed by atoms with Gasteiger partial charge in [0, 0.05) is 29.0 Å². The molecule has 0 saturated carbocycles. The molecule has 0 radical (unpaired) electrons. The third-order valence-corrected chi connectivity index (χ3v) is 5.42. The molecule has 1 fully saturated rings. The van der Waals surface area contributed by atoms with Crippen LogP contribution in [0.4, 0.5) is 5.69 Å². The molecule has 6 heteroatoms. The molecule has 1 N–H and O–H groups in total. The zero-order chi connectivity index (χ0) is 17.1. The van der Waals surface area contributed by atoms with E-state index in [1.54, 1.807) is 23.9 Å². The summed E-state index contributed by atoms with van der Waals surface area (Å²) in [6.45, 7) is 1.06. The highest BCUT2D eigenvalue weighted by molar-refractivity contribution is 7.99. The fourth-order valence-corrected chi connectivity index (χ4v) is 4.03. The van der Waals surface area contributed by atoms with Crippen molar-refractivity contribution >= 4 is 23.4 Å². The number of hydrogen-bond acceptors (Lipinski definition) is 5. The van der Waals surface area contributed by atoms with Crippen LogP contribution in [-0.2, 0) is 4.74 Å². The van der Waals surface area contributed by atoms with Gasteiger partial charge in [-0.25, -0.2) is 0 Å². The molecule has 0 unspecified atom stereocenters. The van der Waals surface area contributed by atoms with Gasteiger partial charge in [0.25, 0.3) is 5.91 Å². The summed E-state index contributed by atoms with van der Waals surface area (Å²) in [5.41, 5.74) is 1.36. The van der Waals surface area contributed by atoms with E-state index in [9.17, 15) is 4.79 Å². The molecule has 1 saturated heterocycles. The Bertz CT molecular complexity index is 774. The van der Waals surface area contributed by atoms with Crippen LogP contribution >= 0.6 is 11.8 Å². The Morgan fingerprint density at radius 2 is 2.04 bits per heavy atom. The van der Waals surface area contributed by atoms with Gasteiger partial charge in [0.2, 0.25) is 6.79 Å². The number of thioether (sulfide) groups is 1. The minimum Gasteiger partial charge on any atom is -0.454 e. The van der Waals surface area contributed by atoms with Crippen molar-refractivity contribution in [3.05, 3.63) is 48.0 Å². The monoisotopic (exact) mass is 357 g/mol. The molecular weight excluding hydrogens is 338 g/mol. The lowest BCUT2D eigenvalue weighted by Gasteiger charge is -2.12. The van der Waals surface area contributed by atoms with Crippen molar-refractivity contribution in [2.45, 2.75) is 23.8 Å². The number of amides is 1. The average molecular weight is 357 g/mol. The van der Waals surface area contributed by atoms with E-state index >= 15 is 0 Å². The predicted octanol–water partition coefficient (Wildman–Crippen LogP) is 3.94. The lowest BCUT2D eigenvalue weighted by atomic mass is 10.2. The summed E-state index contributed by atoms with van der Waals surface area (Å²) < 4.78 is 16.3. The minimum atomic E-state index is -0.130. The highest BCUT2D eigenvalue weighted by Gasteiger charge is 2.19. The standard InChI is InChI=1S/C19H19NO4S/c21-19(20-13-7-8-16-17(10-13)24-12-23-16)15-5-1-2-6-18(15)25-11-14-4-3-9-22-14/h1-2,5-8,10,14H,3-4,9,11-12H2,(H,20,21)/t14-/m0/s1. The van der Waals surface area contributed by atoms with Crippen LogP contribution in [0.3, 0.4) is 0 Å². The number of carbonyl (C=O) groups excluding carboxylic acids is 1. The van der Waals surface area contributed by atoms with E-state index in [-0.39, 0.29) is 18.8 Å². The van der Waals surface area contributed by atoms with Gasteiger partial charge in [-0.3, -0.25) is 4.79 Å². The first-order chi connectivity index (χ1) is 12.3. The number of carbonyl (C=O) groups is 1. The molecule has 0 aromatic heterocycles. The third kappa shape index (κ3) is 3.75. The maximum atomic E-state index is 12.7. The van der Waals surface area contributed by atoms with E-state index in [1.165, 1.54) is 0 Å². The van der Waals surface area contributed by atoms with E-state index < -0.39 is 0 Å². The highest BCUT2D eigenvalue weighted by atomic mass is 32.2. The first-order valence-electron chi connectivity index (χ1n) is 8.34. The van der Waals surface area contributed by atoms with Crippen molar-refractivity contribution in [2.75, 3.05) is 24.5 Å². The smallest absolute Gasteiger partial charge is 0.256 e. The Morgan fingerprint density at radius 3 is 2.92 bits per heavy atom. The van der Waals surface area contributed by atoms with Crippen molar-refractivity contribution in [1.29, 1.82) is 0 Å². The fraction of sp³-hybridized carbons (Fsp3) is 0.316. The van der Waals surface area contributed by atoms with Crippen LogP contribution < -0.4 is 14.8 Å². The normalized spacial score (nSPS) is 18.3. The molecule has 25 heavy (non-hydrogen) atoms. The quantitative estimate of drug-likeness (QED) is 0.822. The van der Waals surface area contributed by atoms with Crippen LogP contribution in [-0.4, -0.2) is 31.2 Å². The topological polar surface area (TPSA) is 56.8 Å². The summed E-state index contributed by atoms with van der Waals surface area (Å²) in [4.78, 5) is 13.7. The summed E-state index contributed by atoms with van der Waals surface area (Å²) in [6, 6.07) is 13.1. The molecule has 0 bridgehead atoms. The first kappa shape index (κ1) is 16.3. The van der Waals surface area contributed by atoms with Crippen LogP contribution in [0.25, 0.3) is 0 Å². The van der Waals surface area contributed by atoms with Crippen molar-refractivity contribution in [3.8, 4) is 11.5 Å². The number of hydrogen-bond donors (Lipinski definition) is 1. The summed E-state index contributed by atoms with van der Waals surface area (Å²) in [7, 11) is 0. The van der Waals surface area contributed by atoms with Crippen molar-refractivity contribution in [1.82, 2.24) is 0 Å². The first-order valence-corrected chi connectivity index (χ1v) is 9.32. The Morgan fingerprint density at radius 1 is 1.16 bits per heavy atom. The second-order valence-corrected chi connectivity index (χ2v) is 7.03. The van der Waals surface area contributed by atoms with E-state index in [0.717, 1.165) is 30.1 Å². The van der Waals surface area contributed by atoms with Crippen molar-refractivity contribution in [2.24, 2.45) is 0 Å². The molecule has 0 spiro atoms.